The third-order valence-electron chi connectivity index (χ3n) is 22.4. The number of amides is 1. The Bertz CT molecular complexity index is 2950. The minimum absolute atomic E-state index is 0.0170. The molecule has 2 fully saturated rings. The summed E-state index contributed by atoms with van der Waals surface area (Å²) in [5, 5.41) is 29.8. The van der Waals surface area contributed by atoms with Crippen molar-refractivity contribution in [2.24, 2.45) is 96.9 Å². The second-order valence-corrected chi connectivity index (χ2v) is 42.9. The predicted molar refractivity (Wildman–Crippen MR) is 468 cm³/mol. The van der Waals surface area contributed by atoms with E-state index in [0.29, 0.717) is 29.6 Å². The first kappa shape index (κ1) is 107. The number of epoxide rings is 1. The van der Waals surface area contributed by atoms with Crippen molar-refractivity contribution in [3.8, 4) is 0 Å². The van der Waals surface area contributed by atoms with E-state index in [2.05, 4.69) is 200 Å². The number of pyridine rings is 2. The van der Waals surface area contributed by atoms with Crippen LogP contribution >= 0.6 is 66.1 Å². The minimum atomic E-state index is -1.17. The lowest BCUT2D eigenvalue weighted by Gasteiger charge is -2.41. The molecule has 5 rings (SSSR count). The third-order valence-corrected chi connectivity index (χ3v) is 27.8. The van der Waals surface area contributed by atoms with E-state index in [9.17, 15) is 29.4 Å². The summed E-state index contributed by atoms with van der Waals surface area (Å²) in [6.07, 6.45) is 5.64. The number of Topliss-reactive ketones (excluding diaryl/α,β-unsaturated/α-hetero) is 1. The van der Waals surface area contributed by atoms with Crippen LogP contribution in [0.2, 0.25) is 0 Å². The fourth-order valence-electron chi connectivity index (χ4n) is 11.9. The second kappa shape index (κ2) is 49.8. The van der Waals surface area contributed by atoms with Crippen LogP contribution in [0, 0.1) is 98.1 Å². The maximum absolute atomic E-state index is 13.2. The first-order valence-electron chi connectivity index (χ1n) is 39.7. The molecule has 15 nitrogen and oxygen atoms in total. The lowest BCUT2D eigenvalue weighted by atomic mass is 9.65. The van der Waals surface area contributed by atoms with Crippen LogP contribution in [-0.4, -0.2) is 115 Å². The molecule has 21 heteroatoms. The number of nitrogens with two attached hydrogens (primary N) is 1. The van der Waals surface area contributed by atoms with Crippen LogP contribution in [0.1, 0.15) is 285 Å². The lowest BCUT2D eigenvalue weighted by molar-refractivity contribution is -0.143. The molecule has 0 bridgehead atoms. The molecule has 0 spiro atoms. The predicted octanol–water partition coefficient (Wildman–Crippen LogP) is 24.7. The summed E-state index contributed by atoms with van der Waals surface area (Å²) in [7, 11) is 6.59. The van der Waals surface area contributed by atoms with Gasteiger partial charge in [0, 0.05) is 59.8 Å². The Morgan fingerprint density at radius 2 is 1.12 bits per heavy atom. The molecule has 108 heavy (non-hydrogen) atoms. The van der Waals surface area contributed by atoms with Gasteiger partial charge in [0.15, 0.2) is 0 Å². The molecular formula is C87H156ClN5O10S5. The zero-order valence-electron chi connectivity index (χ0n) is 74.3. The van der Waals surface area contributed by atoms with E-state index in [-0.39, 0.29) is 99.3 Å². The molecule has 1 amide bonds. The number of hydrogen-bond donors (Lipinski definition) is 4. The summed E-state index contributed by atoms with van der Waals surface area (Å²) in [6.45, 7) is 77.9. The van der Waals surface area contributed by atoms with E-state index in [1.807, 2.05) is 96.3 Å². The number of hydrogen-bond acceptors (Lipinski definition) is 19. The molecule has 0 aromatic carbocycles. The quantitative estimate of drug-likeness (QED) is 0.0288. The largest absolute Gasteiger partial charge is 0.508 e. The van der Waals surface area contributed by atoms with Gasteiger partial charge in [-0.15, -0.1) is 11.3 Å². The number of carbonyl (C=O) groups excluding carboxylic acids is 4. The van der Waals surface area contributed by atoms with Gasteiger partial charge in [-0.3, -0.25) is 9.59 Å². The first-order valence-corrected chi connectivity index (χ1v) is 45.6. The molecule has 0 saturated carbocycles. The van der Waals surface area contributed by atoms with Crippen molar-refractivity contribution in [1.29, 1.82) is 0 Å². The number of aliphatic hydroxyl groups is 2. The van der Waals surface area contributed by atoms with Gasteiger partial charge in [0.1, 0.15) is 34.6 Å². The molecular weight excluding hydrogens is 1470 g/mol. The Balaban J connectivity index is 0. The van der Waals surface area contributed by atoms with Crippen LogP contribution in [0.25, 0.3) is 6.08 Å². The number of rotatable bonds is 19. The number of ketones is 1. The van der Waals surface area contributed by atoms with Gasteiger partial charge in [-0.05, 0) is 171 Å². The summed E-state index contributed by atoms with van der Waals surface area (Å²) < 4.78 is 22.6. The van der Waals surface area contributed by atoms with Gasteiger partial charge in [0.25, 0.3) is 0 Å². The fraction of sp³-hybridized carbons (Fsp3) is 0.782. The number of thiazole rings is 1. The summed E-state index contributed by atoms with van der Waals surface area (Å²) in [4.78, 5) is 62.5. The Kier molecular flexibility index (Phi) is 49.4. The maximum Gasteiger partial charge on any atom is 0.508 e. The maximum atomic E-state index is 13.2. The van der Waals surface area contributed by atoms with Crippen LogP contribution in [0.3, 0.4) is 0 Å². The first-order chi connectivity index (χ1) is 49.4. The Morgan fingerprint density at radius 3 is 1.50 bits per heavy atom. The minimum Gasteiger partial charge on any atom is -0.450 e. The van der Waals surface area contributed by atoms with Gasteiger partial charge < -0.3 is 40.2 Å². The molecule has 626 valence electrons. The van der Waals surface area contributed by atoms with Gasteiger partial charge in [-0.2, -0.15) is 0 Å². The smallest absolute Gasteiger partial charge is 0.450 e. The average molecular weight is 1630 g/mol. The number of aryl methyl sites for hydroxylation is 1. The molecule has 5 unspecified atom stereocenters. The van der Waals surface area contributed by atoms with Gasteiger partial charge in [-0.25, -0.2) is 24.5 Å². The SMILES string of the molecule is C/C(=C\c1csc(C)n1)[C@@H]1CC2O[C@]2(C)CCC[C@H](C)[C@H](O)[C@@H](C)C(=O)C(C)(C)[C@@H](O)CC(=O)N1.CC.CC.CC(C(C)C(C)(C)C)[C@@H](C)C(C)(C)C.CC(C(OC(=O)Cl)[C@@H](C)C(C)(C)C)C(C)(C)C.C[C@H](C(OC(=O)OCCSSc1ccccn1)[C@@H](C)C(C)(C)C)C(C)(C)C.NCCSSc1ccccn1. The number of aliphatic hydroxyl groups excluding tert-OH is 2. The van der Waals surface area contributed by atoms with Crippen molar-refractivity contribution in [2.45, 2.75) is 334 Å². The van der Waals surface area contributed by atoms with Crippen molar-refractivity contribution < 1.29 is 48.3 Å². The van der Waals surface area contributed by atoms with E-state index < -0.39 is 35.1 Å². The Hall–Kier alpha value is -2.92. The summed E-state index contributed by atoms with van der Waals surface area (Å²) in [5.41, 5.74) is 6.14. The highest BCUT2D eigenvalue weighted by molar-refractivity contribution is 8.77. The van der Waals surface area contributed by atoms with Gasteiger partial charge >= 0.3 is 11.6 Å². The number of nitrogens with one attached hydrogen (secondary N) is 1. The van der Waals surface area contributed by atoms with E-state index in [1.165, 1.54) is 0 Å². The van der Waals surface area contributed by atoms with Crippen LogP contribution in [-0.2, 0) is 28.5 Å². The number of nitrogens with zero attached hydrogens (tertiary/aromatic N) is 3. The number of halogens is 1. The highest BCUT2D eigenvalue weighted by Crippen LogP contribution is 2.47. The number of fused-ring (bicyclic) bond motifs is 1. The molecule has 2 aliphatic heterocycles. The molecule has 2 aliphatic rings. The Labute approximate surface area is 684 Å². The number of ether oxygens (including phenoxy) is 4. The number of aromatic nitrogens is 3. The van der Waals surface area contributed by atoms with Crippen molar-refractivity contribution >= 4 is 95.5 Å². The molecule has 5 N–H and O–H groups in total. The summed E-state index contributed by atoms with van der Waals surface area (Å²) in [5.74, 6) is 3.69. The third kappa shape index (κ3) is 40.4. The van der Waals surface area contributed by atoms with Crippen molar-refractivity contribution in [2.75, 3.05) is 24.7 Å². The molecule has 5 heterocycles. The molecule has 15 atom stereocenters. The van der Waals surface area contributed by atoms with Crippen molar-refractivity contribution in [3.63, 3.8) is 0 Å². The van der Waals surface area contributed by atoms with Crippen LogP contribution in [0.4, 0.5) is 9.59 Å². The highest BCUT2D eigenvalue weighted by atomic mass is 35.5. The Morgan fingerprint density at radius 1 is 0.694 bits per heavy atom. The summed E-state index contributed by atoms with van der Waals surface area (Å²) in [6, 6.07) is 11.4. The van der Waals surface area contributed by atoms with E-state index in [4.69, 9.17) is 36.3 Å². The van der Waals surface area contributed by atoms with Gasteiger partial charge in [0.05, 0.1) is 52.5 Å². The highest BCUT2D eigenvalue weighted by Gasteiger charge is 2.53. The van der Waals surface area contributed by atoms with E-state index >= 15 is 0 Å². The van der Waals surface area contributed by atoms with Gasteiger partial charge in [-0.1, -0.05) is 269 Å². The monoisotopic (exact) mass is 1630 g/mol. The van der Waals surface area contributed by atoms with Crippen LogP contribution in [0.5, 0.6) is 0 Å². The molecule has 2 saturated heterocycles. The molecule has 0 radical (unpaired) electrons. The van der Waals surface area contributed by atoms with Crippen molar-refractivity contribution in [1.82, 2.24) is 20.3 Å². The van der Waals surface area contributed by atoms with Crippen LogP contribution in [0.15, 0.2) is 69.8 Å². The standard InChI is InChI=1S/C27H42N2O5S.C21H35NO3S2.C14H27ClO2.C14H30.C7H10N2S2.2C2H6/c1-15-9-8-10-27(7)22(34-27)12-20(16(2)11-19-14-35-18(4)28-19)29-23(31)13-21(30)26(5,6)25(33)17(3)24(15)32;1-15(20(3,4)5)18(16(2)21(6,7)8)25-19(23)24-13-14-26-27-17-11-9-10-12-22-17;1-9(13(3,4)5)11(17-12(15)16)10(2)14(6,7)8;1-10(11(2)13(4,5)6)12(3)14(7,8)9;8-4-6-10-11-7-3-1-2-5-9-7;2*1-2/h11,14-15,17,20-22,24,30,32H,8-10,12-13H2,1-7H3,(H,29,31);9-12,15-16,18H,13-14H2,1-8H3;9-11H,1-8H3;10-12H,1-9H3;1-3,5H,4,6,8H2;2*1-2H3/b16-11+;;;;;;/t15-,17+,20-,21-,22?,24-,27+;15-,16-;9-,10?,11?;10?,11-,12?;;;/m0111.../s1. The number of carbonyl (C=O) groups is 4. The zero-order valence-corrected chi connectivity index (χ0v) is 79.1. The molecule has 3 aromatic rings. The topological polar surface area (TPSA) is 226 Å². The fourth-order valence-corrected chi connectivity index (χ4v) is 16.0. The van der Waals surface area contributed by atoms with Crippen molar-refractivity contribution in [3.05, 3.63) is 70.4 Å². The molecule has 3 aromatic heterocycles. The summed E-state index contributed by atoms with van der Waals surface area (Å²) >= 11 is 6.98. The second-order valence-electron chi connectivity index (χ2n) is 36.6. The van der Waals surface area contributed by atoms with Crippen LogP contribution < -0.4 is 11.1 Å². The van der Waals surface area contributed by atoms with E-state index in [0.717, 1.165) is 75.6 Å². The van der Waals surface area contributed by atoms with Gasteiger partial charge in [0.2, 0.25) is 5.91 Å². The zero-order chi connectivity index (χ0) is 84.5. The normalized spacial score (nSPS) is 22.5. The lowest BCUT2D eigenvalue weighted by Crippen LogP contribution is -2.47. The molecule has 0 aliphatic carbocycles. The average Bonchev–Trinajstić information content (AvgIpc) is 1.61. The van der Waals surface area contributed by atoms with E-state index in [1.54, 1.807) is 87.7 Å².